The van der Waals surface area contributed by atoms with Crippen LogP contribution in [0.25, 0.3) is 10.9 Å². The SMILES string of the molecule is O=C(NCCc1ccc2cc[nH]c2c1)C1CC(=O)N(Cc2ccccc2)C1. The Kier molecular flexibility index (Phi) is 4.92. The average molecular weight is 361 g/mol. The summed E-state index contributed by atoms with van der Waals surface area (Å²) in [6, 6.07) is 18.2. The zero-order valence-electron chi connectivity index (χ0n) is 15.2. The van der Waals surface area contributed by atoms with Gasteiger partial charge in [0.25, 0.3) is 0 Å². The number of nitrogens with zero attached hydrogens (tertiary/aromatic N) is 1. The molecule has 0 aliphatic carbocycles. The Morgan fingerprint density at radius 3 is 2.81 bits per heavy atom. The second kappa shape index (κ2) is 7.66. The van der Waals surface area contributed by atoms with E-state index in [9.17, 15) is 9.59 Å². The standard InChI is InChI=1S/C22H23N3O2/c26-21-13-19(15-25(21)14-17-4-2-1-3-5-17)22(27)24-10-8-16-6-7-18-9-11-23-20(18)12-16/h1-7,9,11-12,19,23H,8,10,13-15H2,(H,24,27). The summed E-state index contributed by atoms with van der Waals surface area (Å²) < 4.78 is 0. The lowest BCUT2D eigenvalue weighted by molar-refractivity contribution is -0.129. The number of fused-ring (bicyclic) bond motifs is 1. The summed E-state index contributed by atoms with van der Waals surface area (Å²) in [5.74, 6) is -0.233. The molecular weight excluding hydrogens is 338 g/mol. The van der Waals surface area contributed by atoms with Gasteiger partial charge in [0.2, 0.25) is 11.8 Å². The van der Waals surface area contributed by atoms with Gasteiger partial charge < -0.3 is 15.2 Å². The number of aromatic nitrogens is 1. The molecule has 1 saturated heterocycles. The molecule has 0 bridgehead atoms. The minimum Gasteiger partial charge on any atom is -0.361 e. The number of rotatable bonds is 6. The van der Waals surface area contributed by atoms with Crippen LogP contribution >= 0.6 is 0 Å². The van der Waals surface area contributed by atoms with Crippen LogP contribution < -0.4 is 5.32 Å². The van der Waals surface area contributed by atoms with Crippen LogP contribution in [0.5, 0.6) is 0 Å². The van der Waals surface area contributed by atoms with Crippen LogP contribution in [0.2, 0.25) is 0 Å². The summed E-state index contributed by atoms with van der Waals surface area (Å²) in [4.78, 5) is 29.7. The molecule has 1 aliphatic heterocycles. The van der Waals surface area contributed by atoms with Gasteiger partial charge in [-0.15, -0.1) is 0 Å². The van der Waals surface area contributed by atoms with Gasteiger partial charge in [-0.2, -0.15) is 0 Å². The number of nitrogens with one attached hydrogen (secondary N) is 2. The third-order valence-electron chi connectivity index (χ3n) is 5.13. The average Bonchev–Trinajstić information content (AvgIpc) is 3.29. The highest BCUT2D eigenvalue weighted by molar-refractivity contribution is 5.89. The van der Waals surface area contributed by atoms with Crippen LogP contribution in [0.1, 0.15) is 17.5 Å². The summed E-state index contributed by atoms with van der Waals surface area (Å²) >= 11 is 0. The molecule has 2 aromatic carbocycles. The predicted octanol–water partition coefficient (Wildman–Crippen LogP) is 2.88. The van der Waals surface area contributed by atoms with Gasteiger partial charge in [-0.1, -0.05) is 42.5 Å². The first-order chi connectivity index (χ1) is 13.2. The molecule has 2 heterocycles. The summed E-state index contributed by atoms with van der Waals surface area (Å²) in [5, 5.41) is 4.18. The highest BCUT2D eigenvalue weighted by Crippen LogP contribution is 2.20. The summed E-state index contributed by atoms with van der Waals surface area (Å²) in [7, 11) is 0. The Bertz CT molecular complexity index is 948. The minimum absolute atomic E-state index is 0.0279. The van der Waals surface area contributed by atoms with E-state index in [1.807, 2.05) is 42.6 Å². The van der Waals surface area contributed by atoms with Gasteiger partial charge in [0.15, 0.2) is 0 Å². The molecule has 4 rings (SSSR count). The monoisotopic (exact) mass is 361 g/mol. The molecule has 3 aromatic rings. The lowest BCUT2D eigenvalue weighted by atomic mass is 10.1. The number of amides is 2. The fourth-order valence-corrected chi connectivity index (χ4v) is 3.63. The van der Waals surface area contributed by atoms with Crippen molar-refractivity contribution in [3.63, 3.8) is 0 Å². The minimum atomic E-state index is -0.257. The third kappa shape index (κ3) is 4.03. The van der Waals surface area contributed by atoms with Crippen molar-refractivity contribution in [2.75, 3.05) is 13.1 Å². The summed E-state index contributed by atoms with van der Waals surface area (Å²) in [5.41, 5.74) is 3.38. The number of carbonyl (C=O) groups is 2. The number of hydrogen-bond donors (Lipinski definition) is 2. The van der Waals surface area contributed by atoms with Gasteiger partial charge in [0, 0.05) is 37.8 Å². The highest BCUT2D eigenvalue weighted by Gasteiger charge is 2.33. The number of likely N-dealkylation sites (tertiary alicyclic amines) is 1. The lowest BCUT2D eigenvalue weighted by Gasteiger charge is -2.16. The van der Waals surface area contributed by atoms with Crippen LogP contribution in [-0.2, 0) is 22.6 Å². The molecule has 1 fully saturated rings. The third-order valence-corrected chi connectivity index (χ3v) is 5.13. The maximum absolute atomic E-state index is 12.5. The fourth-order valence-electron chi connectivity index (χ4n) is 3.63. The van der Waals surface area contributed by atoms with E-state index in [1.54, 1.807) is 4.90 Å². The summed E-state index contributed by atoms with van der Waals surface area (Å²) in [6.07, 6.45) is 3.00. The Morgan fingerprint density at radius 1 is 1.11 bits per heavy atom. The zero-order chi connectivity index (χ0) is 18.6. The van der Waals surface area contributed by atoms with E-state index in [2.05, 4.69) is 28.5 Å². The van der Waals surface area contributed by atoms with Crippen molar-refractivity contribution in [2.45, 2.75) is 19.4 Å². The normalized spacial score (nSPS) is 16.8. The van der Waals surface area contributed by atoms with Crippen molar-refractivity contribution in [2.24, 2.45) is 5.92 Å². The molecule has 2 amide bonds. The van der Waals surface area contributed by atoms with Crippen LogP contribution in [0, 0.1) is 5.92 Å². The van der Waals surface area contributed by atoms with E-state index < -0.39 is 0 Å². The van der Waals surface area contributed by atoms with Gasteiger partial charge in [-0.25, -0.2) is 0 Å². The van der Waals surface area contributed by atoms with Crippen molar-refractivity contribution in [3.05, 3.63) is 71.9 Å². The maximum Gasteiger partial charge on any atom is 0.225 e. The molecule has 0 saturated carbocycles. The maximum atomic E-state index is 12.5. The molecule has 1 atom stereocenters. The van der Waals surface area contributed by atoms with E-state index in [4.69, 9.17) is 0 Å². The summed E-state index contributed by atoms with van der Waals surface area (Å²) in [6.45, 7) is 1.64. The van der Waals surface area contributed by atoms with E-state index in [1.165, 1.54) is 10.9 Å². The predicted molar refractivity (Wildman–Crippen MR) is 105 cm³/mol. The van der Waals surface area contributed by atoms with Crippen LogP contribution in [0.4, 0.5) is 0 Å². The van der Waals surface area contributed by atoms with Gasteiger partial charge in [-0.3, -0.25) is 9.59 Å². The van der Waals surface area contributed by atoms with Gasteiger partial charge in [-0.05, 0) is 35.1 Å². The van der Waals surface area contributed by atoms with E-state index in [0.29, 0.717) is 26.1 Å². The molecule has 2 N–H and O–H groups in total. The number of carbonyl (C=O) groups excluding carboxylic acids is 2. The van der Waals surface area contributed by atoms with Crippen molar-refractivity contribution in [3.8, 4) is 0 Å². The number of benzene rings is 2. The van der Waals surface area contributed by atoms with E-state index >= 15 is 0 Å². The Balaban J connectivity index is 1.27. The molecule has 1 aromatic heterocycles. The van der Waals surface area contributed by atoms with Crippen molar-refractivity contribution < 1.29 is 9.59 Å². The highest BCUT2D eigenvalue weighted by atomic mass is 16.2. The molecule has 5 nitrogen and oxygen atoms in total. The lowest BCUT2D eigenvalue weighted by Crippen LogP contribution is -2.34. The first kappa shape index (κ1) is 17.3. The second-order valence-electron chi connectivity index (χ2n) is 7.10. The van der Waals surface area contributed by atoms with Crippen molar-refractivity contribution in [1.29, 1.82) is 0 Å². The topological polar surface area (TPSA) is 65.2 Å². The second-order valence-corrected chi connectivity index (χ2v) is 7.10. The zero-order valence-corrected chi connectivity index (χ0v) is 15.2. The molecule has 1 unspecified atom stereocenters. The molecule has 27 heavy (non-hydrogen) atoms. The molecular formula is C22H23N3O2. The van der Waals surface area contributed by atoms with Crippen LogP contribution in [0.15, 0.2) is 60.8 Å². The van der Waals surface area contributed by atoms with E-state index in [-0.39, 0.29) is 17.7 Å². The largest absolute Gasteiger partial charge is 0.361 e. The molecule has 0 radical (unpaired) electrons. The fraction of sp³-hybridized carbons (Fsp3) is 0.273. The van der Waals surface area contributed by atoms with Crippen molar-refractivity contribution >= 4 is 22.7 Å². The van der Waals surface area contributed by atoms with Gasteiger partial charge in [0.1, 0.15) is 0 Å². The first-order valence-electron chi connectivity index (χ1n) is 9.34. The molecule has 138 valence electrons. The Hall–Kier alpha value is -3.08. The smallest absolute Gasteiger partial charge is 0.225 e. The van der Waals surface area contributed by atoms with Gasteiger partial charge >= 0.3 is 0 Å². The molecule has 1 aliphatic rings. The van der Waals surface area contributed by atoms with Gasteiger partial charge in [0.05, 0.1) is 5.92 Å². The quantitative estimate of drug-likeness (QED) is 0.709. The van der Waals surface area contributed by atoms with Crippen LogP contribution in [-0.4, -0.2) is 34.8 Å². The Labute approximate surface area is 158 Å². The van der Waals surface area contributed by atoms with Crippen molar-refractivity contribution in [1.82, 2.24) is 15.2 Å². The number of hydrogen-bond acceptors (Lipinski definition) is 2. The number of H-pyrrole nitrogens is 1. The number of aromatic amines is 1. The first-order valence-corrected chi connectivity index (χ1v) is 9.34. The molecule has 5 heteroatoms. The van der Waals surface area contributed by atoms with Crippen LogP contribution in [0.3, 0.4) is 0 Å². The van der Waals surface area contributed by atoms with E-state index in [0.717, 1.165) is 17.5 Å². The molecule has 0 spiro atoms. The Morgan fingerprint density at radius 2 is 1.96 bits per heavy atom.